The van der Waals surface area contributed by atoms with Crippen molar-refractivity contribution in [2.75, 3.05) is 0 Å². The third-order valence-electron chi connectivity index (χ3n) is 2.24. The Bertz CT molecular complexity index is 281. The molecule has 0 radical (unpaired) electrons. The van der Waals surface area contributed by atoms with Gasteiger partial charge < -0.3 is 0 Å². The van der Waals surface area contributed by atoms with E-state index in [-0.39, 0.29) is 0 Å². The average Bonchev–Trinajstić information content (AvgIpc) is 2.03. The Labute approximate surface area is 79.8 Å². The van der Waals surface area contributed by atoms with Crippen molar-refractivity contribution in [3.63, 3.8) is 0 Å². The zero-order chi connectivity index (χ0) is 10.1. The molecule has 0 aliphatic heterocycles. The third-order valence-corrected chi connectivity index (χ3v) is 2.24. The van der Waals surface area contributed by atoms with Crippen molar-refractivity contribution in [2.24, 2.45) is 0 Å². The second-order valence-electron chi connectivity index (χ2n) is 4.25. The van der Waals surface area contributed by atoms with Gasteiger partial charge in [-0.1, -0.05) is 38.1 Å². The summed E-state index contributed by atoms with van der Waals surface area (Å²) >= 11 is 0. The molecule has 0 aliphatic rings. The van der Waals surface area contributed by atoms with Crippen LogP contribution in [0.3, 0.4) is 0 Å². The summed E-state index contributed by atoms with van der Waals surface area (Å²) in [5.41, 5.74) is 0.729. The van der Waals surface area contributed by atoms with Gasteiger partial charge >= 0.3 is 0 Å². The smallest absolute Gasteiger partial charge is 0.130 e. The first-order chi connectivity index (χ1) is 5.91. The largest absolute Gasteiger partial charge is 0.239 e. The summed E-state index contributed by atoms with van der Waals surface area (Å²) in [7, 11) is 0. The lowest BCUT2D eigenvalue weighted by Gasteiger charge is -2.16. The Morgan fingerprint density at radius 1 is 1.23 bits per heavy atom. The van der Waals surface area contributed by atoms with Gasteiger partial charge in [0.05, 0.1) is 0 Å². The van der Waals surface area contributed by atoms with Gasteiger partial charge in [0.2, 0.25) is 0 Å². The standard InChI is InChI=1S/C12H17F/c1-9(2)10-6-5-7-11(8-10)12(3,4)13/h5-9H,1-4H3. The zero-order valence-electron chi connectivity index (χ0n) is 8.76. The van der Waals surface area contributed by atoms with Crippen LogP contribution in [0, 0.1) is 0 Å². The molecule has 0 fully saturated rings. The van der Waals surface area contributed by atoms with Crippen LogP contribution in [0.2, 0.25) is 0 Å². The van der Waals surface area contributed by atoms with Crippen molar-refractivity contribution < 1.29 is 4.39 Å². The third kappa shape index (κ3) is 2.55. The Hall–Kier alpha value is -0.850. The summed E-state index contributed by atoms with van der Waals surface area (Å²) in [5, 5.41) is 0. The average molecular weight is 180 g/mol. The molecule has 0 aromatic heterocycles. The van der Waals surface area contributed by atoms with E-state index in [1.165, 1.54) is 5.56 Å². The number of benzene rings is 1. The first-order valence-corrected chi connectivity index (χ1v) is 4.70. The highest BCUT2D eigenvalue weighted by Gasteiger charge is 2.18. The monoisotopic (exact) mass is 180 g/mol. The van der Waals surface area contributed by atoms with E-state index >= 15 is 0 Å². The SMILES string of the molecule is CC(C)c1cccc(C(C)(C)F)c1. The second-order valence-corrected chi connectivity index (χ2v) is 4.25. The molecule has 72 valence electrons. The van der Waals surface area contributed by atoms with E-state index in [9.17, 15) is 4.39 Å². The molecule has 0 N–H and O–H groups in total. The molecule has 0 spiro atoms. The molecule has 13 heavy (non-hydrogen) atoms. The number of hydrogen-bond acceptors (Lipinski definition) is 0. The maximum Gasteiger partial charge on any atom is 0.130 e. The Balaban J connectivity index is 3.06. The Morgan fingerprint density at radius 2 is 1.85 bits per heavy atom. The normalized spacial score (nSPS) is 12.2. The molecule has 0 aliphatic carbocycles. The lowest BCUT2D eigenvalue weighted by atomic mass is 9.94. The van der Waals surface area contributed by atoms with Crippen molar-refractivity contribution >= 4 is 0 Å². The van der Waals surface area contributed by atoms with Gasteiger partial charge in [0.25, 0.3) is 0 Å². The van der Waals surface area contributed by atoms with Crippen molar-refractivity contribution in [3.05, 3.63) is 35.4 Å². The van der Waals surface area contributed by atoms with Crippen LogP contribution in [-0.2, 0) is 5.67 Å². The molecule has 0 bridgehead atoms. The van der Waals surface area contributed by atoms with Crippen LogP contribution in [0.5, 0.6) is 0 Å². The van der Waals surface area contributed by atoms with Gasteiger partial charge in [-0.2, -0.15) is 0 Å². The molecule has 1 rings (SSSR count). The highest BCUT2D eigenvalue weighted by atomic mass is 19.1. The highest BCUT2D eigenvalue weighted by Crippen LogP contribution is 2.26. The molecule has 0 nitrogen and oxygen atoms in total. The maximum atomic E-state index is 13.6. The first-order valence-electron chi connectivity index (χ1n) is 4.70. The molecule has 0 amide bonds. The predicted molar refractivity (Wildman–Crippen MR) is 54.7 cm³/mol. The minimum absolute atomic E-state index is 0.460. The fourth-order valence-corrected chi connectivity index (χ4v) is 1.27. The molecule has 0 heterocycles. The Kier molecular flexibility index (Phi) is 2.74. The van der Waals surface area contributed by atoms with Crippen molar-refractivity contribution in [3.8, 4) is 0 Å². The second kappa shape index (κ2) is 3.49. The fourth-order valence-electron chi connectivity index (χ4n) is 1.27. The molecule has 1 aromatic rings. The van der Waals surface area contributed by atoms with E-state index in [1.807, 2.05) is 24.3 Å². The summed E-state index contributed by atoms with van der Waals surface area (Å²) < 4.78 is 13.6. The van der Waals surface area contributed by atoms with Crippen LogP contribution < -0.4 is 0 Å². The van der Waals surface area contributed by atoms with Gasteiger partial charge in [0.15, 0.2) is 0 Å². The molecule has 1 heteroatoms. The van der Waals surface area contributed by atoms with Crippen molar-refractivity contribution in [1.82, 2.24) is 0 Å². The minimum atomic E-state index is -1.23. The summed E-state index contributed by atoms with van der Waals surface area (Å²) in [5.74, 6) is 0.460. The molecule has 0 saturated carbocycles. The van der Waals surface area contributed by atoms with E-state index in [0.717, 1.165) is 5.56 Å². The molecule has 0 unspecified atom stereocenters. The van der Waals surface area contributed by atoms with Gasteiger partial charge in [-0.25, -0.2) is 4.39 Å². The van der Waals surface area contributed by atoms with Crippen molar-refractivity contribution in [1.29, 1.82) is 0 Å². The van der Waals surface area contributed by atoms with E-state index < -0.39 is 5.67 Å². The summed E-state index contributed by atoms with van der Waals surface area (Å²) in [6.07, 6.45) is 0. The summed E-state index contributed by atoms with van der Waals surface area (Å²) in [6, 6.07) is 7.75. The van der Waals surface area contributed by atoms with Crippen LogP contribution in [0.4, 0.5) is 4.39 Å². The van der Waals surface area contributed by atoms with Gasteiger partial charge in [0, 0.05) is 0 Å². The fraction of sp³-hybridized carbons (Fsp3) is 0.500. The Morgan fingerprint density at radius 3 is 2.31 bits per heavy atom. The molecule has 0 saturated heterocycles. The number of rotatable bonds is 2. The maximum absolute atomic E-state index is 13.6. The molecule has 1 aromatic carbocycles. The summed E-state index contributed by atoms with van der Waals surface area (Å²) in [6.45, 7) is 7.41. The van der Waals surface area contributed by atoms with E-state index in [4.69, 9.17) is 0 Å². The highest BCUT2D eigenvalue weighted by molar-refractivity contribution is 5.29. The predicted octanol–water partition coefficient (Wildman–Crippen LogP) is 4.01. The van der Waals surface area contributed by atoms with Crippen LogP contribution in [-0.4, -0.2) is 0 Å². The number of halogens is 1. The van der Waals surface area contributed by atoms with Crippen LogP contribution in [0.1, 0.15) is 44.7 Å². The lowest BCUT2D eigenvalue weighted by molar-refractivity contribution is 0.221. The topological polar surface area (TPSA) is 0 Å². The van der Waals surface area contributed by atoms with Gasteiger partial charge in [-0.15, -0.1) is 0 Å². The van der Waals surface area contributed by atoms with Gasteiger partial charge in [0.1, 0.15) is 5.67 Å². The van der Waals surface area contributed by atoms with Gasteiger partial charge in [-0.3, -0.25) is 0 Å². The van der Waals surface area contributed by atoms with Gasteiger partial charge in [-0.05, 0) is 30.9 Å². The van der Waals surface area contributed by atoms with E-state index in [0.29, 0.717) is 5.92 Å². The molecular formula is C12H17F. The lowest BCUT2D eigenvalue weighted by Crippen LogP contribution is -2.09. The minimum Gasteiger partial charge on any atom is -0.239 e. The van der Waals surface area contributed by atoms with Crippen molar-refractivity contribution in [2.45, 2.75) is 39.3 Å². The first kappa shape index (κ1) is 10.2. The molecular weight excluding hydrogens is 163 g/mol. The van der Waals surface area contributed by atoms with E-state index in [1.54, 1.807) is 13.8 Å². The number of alkyl halides is 1. The molecule has 0 atom stereocenters. The van der Waals surface area contributed by atoms with Crippen LogP contribution in [0.25, 0.3) is 0 Å². The van der Waals surface area contributed by atoms with Crippen LogP contribution >= 0.6 is 0 Å². The number of hydrogen-bond donors (Lipinski definition) is 0. The van der Waals surface area contributed by atoms with Crippen LogP contribution in [0.15, 0.2) is 24.3 Å². The summed E-state index contributed by atoms with van der Waals surface area (Å²) in [4.78, 5) is 0. The zero-order valence-corrected chi connectivity index (χ0v) is 8.76. The quantitative estimate of drug-likeness (QED) is 0.645. The van der Waals surface area contributed by atoms with E-state index in [2.05, 4.69) is 13.8 Å².